The van der Waals surface area contributed by atoms with E-state index in [1.807, 2.05) is 18.9 Å². The minimum atomic E-state index is 0.0541. The van der Waals surface area contributed by atoms with Crippen molar-refractivity contribution >= 4 is 27.7 Å². The van der Waals surface area contributed by atoms with Crippen molar-refractivity contribution in [1.29, 1.82) is 5.41 Å². The van der Waals surface area contributed by atoms with Crippen LogP contribution in [0, 0.1) is 5.41 Å². The normalized spacial score (nSPS) is 12.0. The summed E-state index contributed by atoms with van der Waals surface area (Å²) in [7, 11) is 3.41. The third kappa shape index (κ3) is 3.55. The standard InChI is InChI=1S/C10H16BrN5O/c1-6(4-8(12)13)16(2)10-14-5-7(11)9(15-10)17-3/h5-6H,4H2,1-3H3,(H3,12,13). The van der Waals surface area contributed by atoms with Gasteiger partial charge in [0, 0.05) is 19.5 Å². The van der Waals surface area contributed by atoms with Crippen molar-refractivity contribution in [3.8, 4) is 5.88 Å². The van der Waals surface area contributed by atoms with E-state index in [1.54, 1.807) is 13.3 Å². The monoisotopic (exact) mass is 301 g/mol. The minimum absolute atomic E-state index is 0.0541. The van der Waals surface area contributed by atoms with Crippen molar-refractivity contribution in [3.63, 3.8) is 0 Å². The predicted molar refractivity (Wildman–Crippen MR) is 70.7 cm³/mol. The second-order valence-corrected chi connectivity index (χ2v) is 4.57. The molecular weight excluding hydrogens is 286 g/mol. The van der Waals surface area contributed by atoms with Crippen LogP contribution in [0.15, 0.2) is 10.7 Å². The lowest BCUT2D eigenvalue weighted by Crippen LogP contribution is -2.34. The molecule has 0 bridgehead atoms. The highest BCUT2D eigenvalue weighted by molar-refractivity contribution is 9.10. The first-order chi connectivity index (χ1) is 7.95. The molecule has 0 aromatic carbocycles. The topological polar surface area (TPSA) is 88.1 Å². The van der Waals surface area contributed by atoms with Crippen molar-refractivity contribution < 1.29 is 4.74 Å². The molecule has 3 N–H and O–H groups in total. The first-order valence-electron chi connectivity index (χ1n) is 5.08. The van der Waals surface area contributed by atoms with E-state index < -0.39 is 0 Å². The Labute approximate surface area is 109 Å². The summed E-state index contributed by atoms with van der Waals surface area (Å²) in [6, 6.07) is 0.0541. The number of ether oxygens (including phenoxy) is 1. The number of aromatic nitrogens is 2. The molecule has 1 aromatic heterocycles. The van der Waals surface area contributed by atoms with Crippen LogP contribution in [-0.2, 0) is 0 Å². The zero-order valence-electron chi connectivity index (χ0n) is 10.1. The van der Waals surface area contributed by atoms with Gasteiger partial charge in [-0.05, 0) is 22.9 Å². The van der Waals surface area contributed by atoms with Gasteiger partial charge in [0.15, 0.2) is 0 Å². The van der Waals surface area contributed by atoms with Gasteiger partial charge in [-0.25, -0.2) is 4.98 Å². The molecule has 1 heterocycles. The highest BCUT2D eigenvalue weighted by Crippen LogP contribution is 2.23. The molecule has 6 nitrogen and oxygen atoms in total. The van der Waals surface area contributed by atoms with E-state index in [1.165, 1.54) is 0 Å². The average molecular weight is 302 g/mol. The van der Waals surface area contributed by atoms with E-state index in [-0.39, 0.29) is 11.9 Å². The lowest BCUT2D eigenvalue weighted by Gasteiger charge is -2.24. The molecule has 1 unspecified atom stereocenters. The van der Waals surface area contributed by atoms with Gasteiger partial charge in [-0.1, -0.05) is 0 Å². The van der Waals surface area contributed by atoms with E-state index in [0.717, 1.165) is 0 Å². The van der Waals surface area contributed by atoms with Gasteiger partial charge in [-0.15, -0.1) is 0 Å². The number of nitrogens with one attached hydrogen (secondary N) is 1. The Kier molecular flexibility index (Phi) is 4.68. The van der Waals surface area contributed by atoms with Gasteiger partial charge in [-0.3, -0.25) is 5.41 Å². The first kappa shape index (κ1) is 13.7. The Morgan fingerprint density at radius 1 is 1.71 bits per heavy atom. The van der Waals surface area contributed by atoms with E-state index in [9.17, 15) is 0 Å². The first-order valence-corrected chi connectivity index (χ1v) is 5.87. The summed E-state index contributed by atoms with van der Waals surface area (Å²) in [6.07, 6.45) is 2.11. The average Bonchev–Trinajstić information content (AvgIpc) is 2.27. The molecule has 1 rings (SSSR count). The maximum Gasteiger partial charge on any atom is 0.232 e. The SMILES string of the molecule is COc1nc(N(C)C(C)CC(=N)N)ncc1Br. The highest BCUT2D eigenvalue weighted by atomic mass is 79.9. The van der Waals surface area contributed by atoms with Crippen molar-refractivity contribution in [2.45, 2.75) is 19.4 Å². The third-order valence-corrected chi connectivity index (χ3v) is 2.93. The lowest BCUT2D eigenvalue weighted by molar-refractivity contribution is 0.393. The number of methoxy groups -OCH3 is 1. The van der Waals surface area contributed by atoms with Gasteiger partial charge in [0.1, 0.15) is 0 Å². The largest absolute Gasteiger partial charge is 0.480 e. The maximum atomic E-state index is 7.27. The molecule has 1 atom stereocenters. The summed E-state index contributed by atoms with van der Waals surface area (Å²) in [5, 5.41) is 7.27. The summed E-state index contributed by atoms with van der Waals surface area (Å²) >= 11 is 3.29. The summed E-state index contributed by atoms with van der Waals surface area (Å²) < 4.78 is 5.81. The minimum Gasteiger partial charge on any atom is -0.480 e. The number of rotatable bonds is 5. The van der Waals surface area contributed by atoms with Crippen LogP contribution >= 0.6 is 15.9 Å². The van der Waals surface area contributed by atoms with Crippen molar-refractivity contribution in [3.05, 3.63) is 10.7 Å². The number of halogens is 1. The number of hydrogen-bond donors (Lipinski definition) is 2. The van der Waals surface area contributed by atoms with Gasteiger partial charge in [0.2, 0.25) is 11.8 Å². The van der Waals surface area contributed by atoms with Crippen LogP contribution < -0.4 is 15.4 Å². The number of nitrogens with two attached hydrogens (primary N) is 1. The fourth-order valence-corrected chi connectivity index (χ4v) is 1.66. The summed E-state index contributed by atoms with van der Waals surface area (Å²) in [5.41, 5.74) is 5.37. The summed E-state index contributed by atoms with van der Waals surface area (Å²) in [6.45, 7) is 1.96. The molecule has 0 aliphatic carbocycles. The van der Waals surface area contributed by atoms with Crippen molar-refractivity contribution in [1.82, 2.24) is 9.97 Å². The third-order valence-electron chi connectivity index (χ3n) is 2.38. The molecule has 7 heteroatoms. The molecule has 1 aromatic rings. The van der Waals surface area contributed by atoms with E-state index in [0.29, 0.717) is 22.7 Å². The van der Waals surface area contributed by atoms with E-state index in [4.69, 9.17) is 15.9 Å². The molecule has 0 fully saturated rings. The Balaban J connectivity index is 2.88. The molecule has 94 valence electrons. The summed E-state index contributed by atoms with van der Waals surface area (Å²) in [4.78, 5) is 10.3. The second-order valence-electron chi connectivity index (χ2n) is 3.72. The fourth-order valence-electron chi connectivity index (χ4n) is 1.31. The lowest BCUT2D eigenvalue weighted by atomic mass is 10.2. The Morgan fingerprint density at radius 2 is 2.35 bits per heavy atom. The molecule has 0 aliphatic rings. The van der Waals surface area contributed by atoms with Crippen LogP contribution in [0.25, 0.3) is 0 Å². The predicted octanol–water partition coefficient (Wildman–Crippen LogP) is 1.40. The number of anilines is 1. The van der Waals surface area contributed by atoms with Crippen molar-refractivity contribution in [2.75, 3.05) is 19.1 Å². The van der Waals surface area contributed by atoms with Crippen LogP contribution in [0.2, 0.25) is 0 Å². The van der Waals surface area contributed by atoms with Crippen LogP contribution in [0.4, 0.5) is 5.95 Å². The number of amidine groups is 1. The maximum absolute atomic E-state index is 7.27. The molecule has 0 radical (unpaired) electrons. The van der Waals surface area contributed by atoms with Gasteiger partial charge in [-0.2, -0.15) is 4.98 Å². The van der Waals surface area contributed by atoms with Crippen LogP contribution in [0.5, 0.6) is 5.88 Å². The van der Waals surface area contributed by atoms with Crippen LogP contribution in [0.1, 0.15) is 13.3 Å². The van der Waals surface area contributed by atoms with Gasteiger partial charge in [0.05, 0.1) is 23.6 Å². The molecule has 0 aliphatic heterocycles. The quantitative estimate of drug-likeness (QED) is 0.634. The zero-order valence-corrected chi connectivity index (χ0v) is 11.7. The van der Waals surface area contributed by atoms with Crippen molar-refractivity contribution in [2.24, 2.45) is 5.73 Å². The molecule has 0 amide bonds. The molecule has 17 heavy (non-hydrogen) atoms. The molecular formula is C10H16BrN5O. The Hall–Kier alpha value is -1.37. The van der Waals surface area contributed by atoms with Gasteiger partial charge < -0.3 is 15.4 Å². The zero-order chi connectivity index (χ0) is 13.0. The van der Waals surface area contributed by atoms with Gasteiger partial charge in [0.25, 0.3) is 0 Å². The van der Waals surface area contributed by atoms with E-state index in [2.05, 4.69) is 25.9 Å². The summed E-state index contributed by atoms with van der Waals surface area (Å²) in [5.74, 6) is 1.17. The van der Waals surface area contributed by atoms with Gasteiger partial charge >= 0.3 is 0 Å². The molecule has 0 saturated heterocycles. The molecule has 0 spiro atoms. The van der Waals surface area contributed by atoms with E-state index >= 15 is 0 Å². The Bertz CT molecular complexity index is 412. The second kappa shape index (κ2) is 5.81. The Morgan fingerprint density at radius 3 is 2.88 bits per heavy atom. The molecule has 0 saturated carbocycles. The van der Waals surface area contributed by atoms with Crippen LogP contribution in [0.3, 0.4) is 0 Å². The highest BCUT2D eigenvalue weighted by Gasteiger charge is 2.15. The van der Waals surface area contributed by atoms with Crippen LogP contribution in [-0.4, -0.2) is 36.0 Å². The number of hydrogen-bond acceptors (Lipinski definition) is 5. The fraction of sp³-hybridized carbons (Fsp3) is 0.500. The number of nitrogens with zero attached hydrogens (tertiary/aromatic N) is 3. The smallest absolute Gasteiger partial charge is 0.232 e.